The van der Waals surface area contributed by atoms with Gasteiger partial charge < -0.3 is 20.4 Å². The molecule has 6 nitrogen and oxygen atoms in total. The Morgan fingerprint density at radius 2 is 0.842 bits per heavy atom. The minimum Gasteiger partial charge on any atom is -0.508 e. The van der Waals surface area contributed by atoms with Crippen molar-refractivity contribution in [1.82, 2.24) is 0 Å². The molecule has 4 N–H and O–H groups in total. The van der Waals surface area contributed by atoms with Crippen LogP contribution in [0, 0.1) is 0 Å². The van der Waals surface area contributed by atoms with E-state index in [0.29, 0.717) is 0 Å². The zero-order valence-electron chi connectivity index (χ0n) is 9.63. The van der Waals surface area contributed by atoms with E-state index in [1.807, 2.05) is 0 Å². The number of phenolic OH excluding ortho intramolecular Hbond substituents is 4. The highest BCUT2D eigenvalue weighted by molar-refractivity contribution is 7.51. The highest BCUT2D eigenvalue weighted by Crippen LogP contribution is 2.15. The number of benzene rings is 2. The van der Waals surface area contributed by atoms with E-state index in [-0.39, 0.29) is 23.0 Å². The SMILES string of the molecule is O=S=O.Oc1cccc(O)c1.Oc1cccc(O)c1. The van der Waals surface area contributed by atoms with Crippen LogP contribution >= 0.6 is 0 Å². The summed E-state index contributed by atoms with van der Waals surface area (Å²) in [7, 11) is 0. The van der Waals surface area contributed by atoms with Crippen molar-refractivity contribution in [2.24, 2.45) is 0 Å². The summed E-state index contributed by atoms with van der Waals surface area (Å²) >= 11 is -0.750. The first kappa shape index (κ1) is 16.5. The van der Waals surface area contributed by atoms with Crippen LogP contribution < -0.4 is 0 Å². The summed E-state index contributed by atoms with van der Waals surface area (Å²) in [6, 6.07) is 11.7. The van der Waals surface area contributed by atoms with Gasteiger partial charge in [0.15, 0.2) is 0 Å². The minimum absolute atomic E-state index is 0.0880. The molecule has 7 heteroatoms. The van der Waals surface area contributed by atoms with E-state index < -0.39 is 11.6 Å². The summed E-state index contributed by atoms with van der Waals surface area (Å²) < 4.78 is 16.6. The fourth-order valence-electron chi connectivity index (χ4n) is 0.986. The molecule has 0 amide bonds. The molecule has 2 rings (SSSR count). The second-order valence-electron chi connectivity index (χ2n) is 3.11. The molecule has 0 aliphatic carbocycles. The standard InChI is InChI=1S/2C6H6O2.O2S/c2*7-5-2-1-3-6(8)4-5;1-3-2/h2*1-4,7-8H;. The van der Waals surface area contributed by atoms with E-state index in [4.69, 9.17) is 28.8 Å². The van der Waals surface area contributed by atoms with Gasteiger partial charge in [-0.3, -0.25) is 0 Å². The number of hydrogen-bond donors (Lipinski definition) is 4. The second-order valence-corrected chi connectivity index (χ2v) is 3.24. The van der Waals surface area contributed by atoms with E-state index in [1.54, 1.807) is 12.1 Å². The van der Waals surface area contributed by atoms with E-state index in [9.17, 15) is 0 Å². The molecular weight excluding hydrogens is 272 g/mol. The summed E-state index contributed by atoms with van der Waals surface area (Å²) in [5, 5.41) is 34.6. The molecular formula is C12H12O6S. The molecule has 0 radical (unpaired) electrons. The van der Waals surface area contributed by atoms with Crippen LogP contribution in [0.2, 0.25) is 0 Å². The van der Waals surface area contributed by atoms with E-state index in [0.717, 1.165) is 0 Å². The molecule has 0 aliphatic rings. The Balaban J connectivity index is 0.000000284. The van der Waals surface area contributed by atoms with Crippen LogP contribution in [0.4, 0.5) is 0 Å². The van der Waals surface area contributed by atoms with Crippen LogP contribution in [0.5, 0.6) is 23.0 Å². The second kappa shape index (κ2) is 9.49. The van der Waals surface area contributed by atoms with Crippen molar-refractivity contribution in [2.75, 3.05) is 0 Å². The fourth-order valence-corrected chi connectivity index (χ4v) is 0.986. The summed E-state index contributed by atoms with van der Waals surface area (Å²) in [5.74, 6) is 0.352. The van der Waals surface area contributed by atoms with Gasteiger partial charge in [-0.05, 0) is 24.3 Å². The van der Waals surface area contributed by atoms with Crippen molar-refractivity contribution in [2.45, 2.75) is 0 Å². The molecule has 0 saturated heterocycles. The lowest BCUT2D eigenvalue weighted by atomic mass is 10.3. The van der Waals surface area contributed by atoms with Crippen molar-refractivity contribution in [3.05, 3.63) is 48.5 Å². The zero-order valence-corrected chi connectivity index (χ0v) is 10.4. The number of phenols is 4. The molecule has 0 fully saturated rings. The first-order valence-corrected chi connectivity index (χ1v) is 5.54. The Morgan fingerprint density at radius 1 is 0.632 bits per heavy atom. The number of rotatable bonds is 0. The third kappa shape index (κ3) is 9.19. The highest BCUT2D eigenvalue weighted by atomic mass is 32.1. The van der Waals surface area contributed by atoms with Crippen LogP contribution in [0.15, 0.2) is 48.5 Å². The molecule has 19 heavy (non-hydrogen) atoms. The summed E-state index contributed by atoms with van der Waals surface area (Å²) in [6.45, 7) is 0. The number of aromatic hydroxyl groups is 4. The van der Waals surface area contributed by atoms with Gasteiger partial charge in [0.25, 0.3) is 0 Å². The maximum atomic E-state index is 8.65. The first-order valence-electron chi connectivity index (χ1n) is 4.87. The van der Waals surface area contributed by atoms with Crippen molar-refractivity contribution in [3.63, 3.8) is 0 Å². The van der Waals surface area contributed by atoms with Crippen molar-refractivity contribution < 1.29 is 28.8 Å². The Bertz CT molecular complexity index is 459. The average molecular weight is 284 g/mol. The van der Waals surface area contributed by atoms with Crippen molar-refractivity contribution >= 4 is 11.6 Å². The molecule has 2 aromatic carbocycles. The summed E-state index contributed by atoms with van der Waals surface area (Å²) in [5.41, 5.74) is 0. The Labute approximate surface area is 112 Å². The normalized spacial score (nSPS) is 8.21. The van der Waals surface area contributed by atoms with Gasteiger partial charge in [-0.25, -0.2) is 0 Å². The summed E-state index contributed by atoms with van der Waals surface area (Å²) in [6.07, 6.45) is 0. The molecule has 0 aliphatic heterocycles. The van der Waals surface area contributed by atoms with Gasteiger partial charge in [-0.1, -0.05) is 12.1 Å². The predicted octanol–water partition coefficient (Wildman–Crippen LogP) is 1.53. The van der Waals surface area contributed by atoms with Gasteiger partial charge in [0.2, 0.25) is 0 Å². The smallest absolute Gasteiger partial charge is 0.335 e. The van der Waals surface area contributed by atoms with Crippen LogP contribution in [-0.4, -0.2) is 28.8 Å². The molecule has 0 aromatic heterocycles. The van der Waals surface area contributed by atoms with Crippen molar-refractivity contribution in [1.29, 1.82) is 0 Å². The monoisotopic (exact) mass is 284 g/mol. The first-order chi connectivity index (χ1) is 8.99. The van der Waals surface area contributed by atoms with Gasteiger partial charge in [0.05, 0.1) is 0 Å². The summed E-state index contributed by atoms with van der Waals surface area (Å²) in [4.78, 5) is 0. The van der Waals surface area contributed by atoms with Gasteiger partial charge in [0, 0.05) is 12.1 Å². The Morgan fingerprint density at radius 3 is 0.947 bits per heavy atom. The largest absolute Gasteiger partial charge is 0.508 e. The van der Waals surface area contributed by atoms with E-state index >= 15 is 0 Å². The molecule has 0 saturated carbocycles. The average Bonchev–Trinajstić information content (AvgIpc) is 2.30. The maximum Gasteiger partial charge on any atom is 0.335 e. The Hall–Kier alpha value is -2.54. The molecule has 2 aromatic rings. The lowest BCUT2D eigenvalue weighted by molar-refractivity contribution is 0.449. The third-order valence-electron chi connectivity index (χ3n) is 1.66. The van der Waals surface area contributed by atoms with Crippen LogP contribution in [-0.2, 0) is 11.6 Å². The zero-order chi connectivity index (χ0) is 14.7. The van der Waals surface area contributed by atoms with Gasteiger partial charge in [-0.15, -0.1) is 0 Å². The predicted molar refractivity (Wildman–Crippen MR) is 68.5 cm³/mol. The molecule has 102 valence electrons. The minimum atomic E-state index is -0.750. The molecule has 0 atom stereocenters. The van der Waals surface area contributed by atoms with E-state index in [1.165, 1.54) is 36.4 Å². The van der Waals surface area contributed by atoms with Crippen LogP contribution in [0.3, 0.4) is 0 Å². The molecule has 0 spiro atoms. The van der Waals surface area contributed by atoms with E-state index in [2.05, 4.69) is 0 Å². The Kier molecular flexibility index (Phi) is 8.22. The topological polar surface area (TPSA) is 115 Å². The molecule has 0 unspecified atom stereocenters. The van der Waals surface area contributed by atoms with Crippen LogP contribution in [0.1, 0.15) is 0 Å². The van der Waals surface area contributed by atoms with Gasteiger partial charge in [0.1, 0.15) is 23.0 Å². The molecule has 0 heterocycles. The maximum absolute atomic E-state index is 8.65. The van der Waals surface area contributed by atoms with Crippen molar-refractivity contribution in [3.8, 4) is 23.0 Å². The molecule has 0 bridgehead atoms. The lowest BCUT2D eigenvalue weighted by Crippen LogP contribution is -1.61. The van der Waals surface area contributed by atoms with Crippen LogP contribution in [0.25, 0.3) is 0 Å². The van der Waals surface area contributed by atoms with Gasteiger partial charge >= 0.3 is 11.6 Å². The number of hydrogen-bond acceptors (Lipinski definition) is 6. The highest BCUT2D eigenvalue weighted by Gasteiger charge is 1.86. The lowest BCUT2D eigenvalue weighted by Gasteiger charge is -1.89. The van der Waals surface area contributed by atoms with Gasteiger partial charge in [-0.2, -0.15) is 8.42 Å². The third-order valence-corrected chi connectivity index (χ3v) is 1.66. The fraction of sp³-hybridized carbons (Fsp3) is 0. The quantitative estimate of drug-likeness (QED) is 0.583.